The summed E-state index contributed by atoms with van der Waals surface area (Å²) in [5.74, 6) is -1.19. The quantitative estimate of drug-likeness (QED) is 0.429. The molecule has 0 fully saturated rings. The van der Waals surface area contributed by atoms with Crippen LogP contribution in [0.2, 0.25) is 0 Å². The molecular weight excluding hydrogens is 216 g/mol. The minimum absolute atomic E-state index is 0.0733. The monoisotopic (exact) mass is 234 g/mol. The first-order valence-electron chi connectivity index (χ1n) is 5.08. The summed E-state index contributed by atoms with van der Waals surface area (Å²) >= 11 is 0. The van der Waals surface area contributed by atoms with Crippen molar-refractivity contribution >= 4 is 11.9 Å². The van der Waals surface area contributed by atoms with Gasteiger partial charge in [0.1, 0.15) is 5.60 Å². The molecule has 0 atom stereocenters. The molecule has 0 aromatic carbocycles. The van der Waals surface area contributed by atoms with Crippen molar-refractivity contribution in [3.8, 4) is 0 Å². The Hall–Kier alpha value is -1.14. The molecule has 0 heterocycles. The second-order valence-electron chi connectivity index (χ2n) is 4.32. The molecule has 1 N–H and O–H groups in total. The standard InChI is InChI=1S/C10H18O6/c1-10(2,3)16-15-9(12)7-5-4-6-8(11)14-13/h13H,4-7H2,1-3H3. The maximum Gasteiger partial charge on any atom is 0.342 e. The highest BCUT2D eigenvalue weighted by Gasteiger charge is 2.15. The van der Waals surface area contributed by atoms with Crippen LogP contribution in [0.5, 0.6) is 0 Å². The fourth-order valence-corrected chi connectivity index (χ4v) is 0.797. The molecule has 0 radical (unpaired) electrons. The Morgan fingerprint density at radius 1 is 1.06 bits per heavy atom. The van der Waals surface area contributed by atoms with E-state index >= 15 is 0 Å². The SMILES string of the molecule is CC(C)(C)OOC(=O)CCCCC(=O)OO. The molecule has 0 rings (SSSR count). The summed E-state index contributed by atoms with van der Waals surface area (Å²) in [6, 6.07) is 0. The van der Waals surface area contributed by atoms with Crippen molar-refractivity contribution in [1.29, 1.82) is 0 Å². The van der Waals surface area contributed by atoms with Gasteiger partial charge in [0.15, 0.2) is 0 Å². The Morgan fingerprint density at radius 2 is 1.56 bits per heavy atom. The molecule has 0 aromatic rings. The van der Waals surface area contributed by atoms with E-state index in [9.17, 15) is 9.59 Å². The molecule has 6 nitrogen and oxygen atoms in total. The van der Waals surface area contributed by atoms with Crippen LogP contribution in [0.1, 0.15) is 46.5 Å². The van der Waals surface area contributed by atoms with Crippen LogP contribution in [0.25, 0.3) is 0 Å². The molecule has 0 spiro atoms. The van der Waals surface area contributed by atoms with E-state index in [1.807, 2.05) is 0 Å². The van der Waals surface area contributed by atoms with Gasteiger partial charge in [-0.2, -0.15) is 10.1 Å². The first-order valence-corrected chi connectivity index (χ1v) is 5.08. The van der Waals surface area contributed by atoms with Crippen molar-refractivity contribution in [3.63, 3.8) is 0 Å². The van der Waals surface area contributed by atoms with E-state index in [1.165, 1.54) is 0 Å². The highest BCUT2D eigenvalue weighted by atomic mass is 17.2. The highest BCUT2D eigenvalue weighted by Crippen LogP contribution is 2.09. The van der Waals surface area contributed by atoms with E-state index in [1.54, 1.807) is 20.8 Å². The molecule has 0 saturated carbocycles. The lowest BCUT2D eigenvalue weighted by atomic mass is 10.2. The van der Waals surface area contributed by atoms with E-state index in [0.717, 1.165) is 0 Å². The number of carbonyl (C=O) groups is 2. The lowest BCUT2D eigenvalue weighted by molar-refractivity contribution is -0.320. The number of hydrogen-bond acceptors (Lipinski definition) is 6. The van der Waals surface area contributed by atoms with Crippen LogP contribution >= 0.6 is 0 Å². The Bertz CT molecular complexity index is 230. The minimum Gasteiger partial charge on any atom is -0.301 e. The van der Waals surface area contributed by atoms with E-state index in [0.29, 0.717) is 12.8 Å². The maximum atomic E-state index is 11.1. The van der Waals surface area contributed by atoms with Crippen LogP contribution in [0.15, 0.2) is 0 Å². The van der Waals surface area contributed by atoms with Gasteiger partial charge in [0.25, 0.3) is 0 Å². The van der Waals surface area contributed by atoms with Gasteiger partial charge in [-0.15, -0.1) is 0 Å². The normalized spacial score (nSPS) is 11.0. The van der Waals surface area contributed by atoms with Crippen molar-refractivity contribution in [2.24, 2.45) is 0 Å². The highest BCUT2D eigenvalue weighted by molar-refractivity contribution is 5.69. The van der Waals surface area contributed by atoms with Crippen LogP contribution in [-0.2, 0) is 24.3 Å². The summed E-state index contributed by atoms with van der Waals surface area (Å²) in [6.07, 6.45) is 1.16. The number of hydrogen-bond donors (Lipinski definition) is 1. The molecule has 0 aliphatic carbocycles. The van der Waals surface area contributed by atoms with Gasteiger partial charge in [0, 0.05) is 12.8 Å². The van der Waals surface area contributed by atoms with Gasteiger partial charge in [-0.3, -0.25) is 4.89 Å². The van der Waals surface area contributed by atoms with E-state index in [-0.39, 0.29) is 12.8 Å². The van der Waals surface area contributed by atoms with Crippen molar-refractivity contribution < 1.29 is 29.5 Å². The summed E-state index contributed by atoms with van der Waals surface area (Å²) in [5, 5.41) is 7.96. The summed E-state index contributed by atoms with van der Waals surface area (Å²) in [5.41, 5.74) is -0.531. The van der Waals surface area contributed by atoms with Gasteiger partial charge in [-0.05, 0) is 33.6 Å². The summed E-state index contributed by atoms with van der Waals surface area (Å²) in [4.78, 5) is 34.4. The average Bonchev–Trinajstić information content (AvgIpc) is 2.20. The number of rotatable bonds is 6. The van der Waals surface area contributed by atoms with Crippen molar-refractivity contribution in [1.82, 2.24) is 0 Å². The second kappa shape index (κ2) is 7.19. The van der Waals surface area contributed by atoms with Crippen LogP contribution in [0.4, 0.5) is 0 Å². The average molecular weight is 234 g/mol. The number of carbonyl (C=O) groups excluding carboxylic acids is 2. The second-order valence-corrected chi connectivity index (χ2v) is 4.32. The Kier molecular flexibility index (Phi) is 6.67. The third-order valence-electron chi connectivity index (χ3n) is 1.50. The smallest absolute Gasteiger partial charge is 0.301 e. The molecule has 0 unspecified atom stereocenters. The van der Waals surface area contributed by atoms with Gasteiger partial charge >= 0.3 is 11.9 Å². The zero-order valence-electron chi connectivity index (χ0n) is 9.82. The Balaban J connectivity index is 3.48. The molecule has 94 valence electrons. The molecule has 16 heavy (non-hydrogen) atoms. The molecule has 0 aliphatic heterocycles. The van der Waals surface area contributed by atoms with Crippen molar-refractivity contribution in [3.05, 3.63) is 0 Å². The topological polar surface area (TPSA) is 82.1 Å². The van der Waals surface area contributed by atoms with Crippen molar-refractivity contribution in [2.45, 2.75) is 52.1 Å². The molecule has 0 saturated heterocycles. The van der Waals surface area contributed by atoms with E-state index in [2.05, 4.69) is 9.78 Å². The fraction of sp³-hybridized carbons (Fsp3) is 0.800. The van der Waals surface area contributed by atoms with Gasteiger partial charge in [0.2, 0.25) is 0 Å². The van der Waals surface area contributed by atoms with Crippen LogP contribution in [-0.4, -0.2) is 22.8 Å². The maximum absolute atomic E-state index is 11.1. The molecule has 0 amide bonds. The third-order valence-corrected chi connectivity index (χ3v) is 1.50. The lowest BCUT2D eigenvalue weighted by Gasteiger charge is -2.16. The predicted molar refractivity (Wildman–Crippen MR) is 54.1 cm³/mol. The summed E-state index contributed by atoms with van der Waals surface area (Å²) in [6.45, 7) is 5.28. The molecule has 6 heteroatoms. The first-order chi connectivity index (χ1) is 7.35. The molecular formula is C10H18O6. The van der Waals surface area contributed by atoms with Gasteiger partial charge in [0.05, 0.1) is 0 Å². The van der Waals surface area contributed by atoms with Gasteiger partial charge in [-0.1, -0.05) is 0 Å². The van der Waals surface area contributed by atoms with Crippen LogP contribution < -0.4 is 0 Å². The van der Waals surface area contributed by atoms with Crippen LogP contribution in [0, 0.1) is 0 Å². The fourth-order valence-electron chi connectivity index (χ4n) is 0.797. The zero-order chi connectivity index (χ0) is 12.6. The van der Waals surface area contributed by atoms with E-state index < -0.39 is 17.5 Å². The van der Waals surface area contributed by atoms with Gasteiger partial charge in [-0.25, -0.2) is 9.59 Å². The lowest BCUT2D eigenvalue weighted by Crippen LogP contribution is -2.21. The summed E-state index contributed by atoms with van der Waals surface area (Å²) in [7, 11) is 0. The van der Waals surface area contributed by atoms with Crippen LogP contribution in [0.3, 0.4) is 0 Å². The Morgan fingerprint density at radius 3 is 2.00 bits per heavy atom. The third kappa shape index (κ3) is 9.42. The van der Waals surface area contributed by atoms with Gasteiger partial charge < -0.3 is 4.89 Å². The van der Waals surface area contributed by atoms with E-state index in [4.69, 9.17) is 10.1 Å². The number of unbranched alkanes of at least 4 members (excludes halogenated alkanes) is 1. The van der Waals surface area contributed by atoms with Crippen molar-refractivity contribution in [2.75, 3.05) is 0 Å². The molecule has 0 bridgehead atoms. The minimum atomic E-state index is -0.709. The molecule has 0 aromatic heterocycles. The zero-order valence-corrected chi connectivity index (χ0v) is 9.82. The largest absolute Gasteiger partial charge is 0.342 e. The predicted octanol–water partition coefficient (Wildman–Crippen LogP) is 1.84. The Labute approximate surface area is 94.3 Å². The molecule has 0 aliphatic rings. The first kappa shape index (κ1) is 14.9. The summed E-state index contributed by atoms with van der Waals surface area (Å²) < 4.78 is 0.